The molecule has 1 heterocycles. The number of anilines is 1. The second-order valence-corrected chi connectivity index (χ2v) is 4.94. The molecular weight excluding hydrogens is 254 g/mol. The van der Waals surface area contributed by atoms with Crippen LogP contribution in [0.4, 0.5) is 14.5 Å². The molecule has 1 fully saturated rings. The van der Waals surface area contributed by atoms with Crippen LogP contribution in [-0.4, -0.2) is 30.2 Å². The fourth-order valence-electron chi connectivity index (χ4n) is 2.33. The van der Waals surface area contributed by atoms with Crippen molar-refractivity contribution in [2.24, 2.45) is 11.7 Å². The number of halogens is 2. The average molecular weight is 270 g/mol. The summed E-state index contributed by atoms with van der Waals surface area (Å²) in [6, 6.07) is 2.46. The van der Waals surface area contributed by atoms with Gasteiger partial charge in [-0.2, -0.15) is 0 Å². The monoisotopic (exact) mass is 270 g/mol. The number of aromatic carboxylic acids is 1. The van der Waals surface area contributed by atoms with Gasteiger partial charge < -0.3 is 15.7 Å². The van der Waals surface area contributed by atoms with Crippen molar-refractivity contribution in [1.29, 1.82) is 0 Å². The van der Waals surface area contributed by atoms with E-state index in [0.717, 1.165) is 6.07 Å². The van der Waals surface area contributed by atoms with Gasteiger partial charge in [0.1, 0.15) is 0 Å². The van der Waals surface area contributed by atoms with Gasteiger partial charge in [-0.3, -0.25) is 0 Å². The Morgan fingerprint density at radius 3 is 2.68 bits per heavy atom. The number of carboxylic acids is 1. The molecule has 6 heteroatoms. The van der Waals surface area contributed by atoms with Crippen molar-refractivity contribution in [2.75, 3.05) is 18.0 Å². The molecule has 0 bridgehead atoms. The smallest absolute Gasteiger partial charge is 0.338 e. The molecule has 1 aliphatic heterocycles. The Morgan fingerprint density at radius 2 is 2.11 bits per heavy atom. The van der Waals surface area contributed by atoms with Crippen molar-refractivity contribution in [2.45, 2.75) is 19.4 Å². The van der Waals surface area contributed by atoms with E-state index in [2.05, 4.69) is 0 Å². The van der Waals surface area contributed by atoms with Crippen molar-refractivity contribution in [3.63, 3.8) is 0 Å². The minimum atomic E-state index is -1.48. The average Bonchev–Trinajstić information content (AvgIpc) is 2.36. The van der Waals surface area contributed by atoms with E-state index in [1.54, 1.807) is 4.90 Å². The topological polar surface area (TPSA) is 66.6 Å². The molecule has 104 valence electrons. The number of hydrogen-bond acceptors (Lipinski definition) is 3. The van der Waals surface area contributed by atoms with E-state index in [1.165, 1.54) is 6.07 Å². The molecule has 0 amide bonds. The van der Waals surface area contributed by atoms with Crippen LogP contribution in [0.15, 0.2) is 12.1 Å². The van der Waals surface area contributed by atoms with Crippen LogP contribution in [-0.2, 0) is 0 Å². The first-order valence-electron chi connectivity index (χ1n) is 6.13. The zero-order valence-electron chi connectivity index (χ0n) is 10.6. The van der Waals surface area contributed by atoms with Gasteiger partial charge in [0.25, 0.3) is 0 Å². The molecule has 3 N–H and O–H groups in total. The van der Waals surface area contributed by atoms with Crippen LogP contribution >= 0.6 is 0 Å². The molecule has 1 aromatic carbocycles. The zero-order valence-corrected chi connectivity index (χ0v) is 10.6. The number of carbonyl (C=O) groups is 1. The third-order valence-electron chi connectivity index (χ3n) is 3.60. The number of nitrogens with two attached hydrogens (primary N) is 1. The quantitative estimate of drug-likeness (QED) is 0.860. The van der Waals surface area contributed by atoms with Gasteiger partial charge in [0.05, 0.1) is 11.3 Å². The van der Waals surface area contributed by atoms with Crippen LogP contribution < -0.4 is 10.6 Å². The first-order chi connectivity index (χ1) is 8.91. The van der Waals surface area contributed by atoms with E-state index in [-0.39, 0.29) is 17.6 Å². The Balaban J connectivity index is 2.31. The summed E-state index contributed by atoms with van der Waals surface area (Å²) in [5.74, 6) is -3.72. The third kappa shape index (κ3) is 2.53. The Hall–Kier alpha value is -1.69. The molecule has 19 heavy (non-hydrogen) atoms. The zero-order chi connectivity index (χ0) is 14.2. The highest BCUT2D eigenvalue weighted by molar-refractivity contribution is 5.88. The molecule has 1 aromatic rings. The SMILES string of the molecule is CC1CN(c2ccc(C(=O)O)c(F)c2F)CCC1N. The number of carboxylic acid groups (broad SMARTS) is 1. The maximum Gasteiger partial charge on any atom is 0.338 e. The summed E-state index contributed by atoms with van der Waals surface area (Å²) in [6.07, 6.45) is 0.697. The molecule has 0 saturated carbocycles. The normalized spacial score (nSPS) is 23.5. The highest BCUT2D eigenvalue weighted by atomic mass is 19.2. The summed E-state index contributed by atoms with van der Waals surface area (Å²) in [5.41, 5.74) is 5.33. The minimum Gasteiger partial charge on any atom is -0.478 e. The number of benzene rings is 1. The van der Waals surface area contributed by atoms with Crippen LogP contribution in [0.3, 0.4) is 0 Å². The number of hydrogen-bond donors (Lipinski definition) is 2. The maximum atomic E-state index is 13.9. The second-order valence-electron chi connectivity index (χ2n) is 4.94. The first kappa shape index (κ1) is 13.7. The second kappa shape index (κ2) is 5.13. The van der Waals surface area contributed by atoms with Crippen LogP contribution in [0.25, 0.3) is 0 Å². The molecule has 2 unspecified atom stereocenters. The van der Waals surface area contributed by atoms with Gasteiger partial charge in [0.15, 0.2) is 11.6 Å². The molecule has 0 aliphatic carbocycles. The first-order valence-corrected chi connectivity index (χ1v) is 6.13. The molecular formula is C13H16F2N2O2. The third-order valence-corrected chi connectivity index (χ3v) is 3.60. The standard InChI is InChI=1S/C13H16F2N2O2/c1-7-6-17(5-4-9(7)16)10-3-2-8(13(18)19)11(14)12(10)15/h2-3,7,9H,4-6,16H2,1H3,(H,18,19). The lowest BCUT2D eigenvalue weighted by Crippen LogP contribution is -2.46. The highest BCUT2D eigenvalue weighted by Gasteiger charge is 2.27. The van der Waals surface area contributed by atoms with Crippen LogP contribution in [0, 0.1) is 17.6 Å². The number of piperidine rings is 1. The van der Waals surface area contributed by atoms with Gasteiger partial charge in [-0.05, 0) is 24.5 Å². The Bertz CT molecular complexity index is 508. The summed E-state index contributed by atoms with van der Waals surface area (Å²) in [5, 5.41) is 8.73. The van der Waals surface area contributed by atoms with Crippen LogP contribution in [0.1, 0.15) is 23.7 Å². The van der Waals surface area contributed by atoms with Crippen molar-refractivity contribution in [3.05, 3.63) is 29.3 Å². The molecule has 0 spiro atoms. The predicted octanol–water partition coefficient (Wildman–Crippen LogP) is 1.84. The Labute approximate surface area is 109 Å². The lowest BCUT2D eigenvalue weighted by atomic mass is 9.94. The predicted molar refractivity (Wildman–Crippen MR) is 67.3 cm³/mol. The molecule has 2 rings (SSSR count). The van der Waals surface area contributed by atoms with Crippen molar-refractivity contribution in [1.82, 2.24) is 0 Å². The van der Waals surface area contributed by atoms with E-state index < -0.39 is 23.2 Å². The van der Waals surface area contributed by atoms with Gasteiger partial charge in [-0.15, -0.1) is 0 Å². The van der Waals surface area contributed by atoms with Crippen molar-refractivity contribution >= 4 is 11.7 Å². The van der Waals surface area contributed by atoms with Crippen LogP contribution in [0.2, 0.25) is 0 Å². The van der Waals surface area contributed by atoms with E-state index in [9.17, 15) is 13.6 Å². The summed E-state index contributed by atoms with van der Waals surface area (Å²) < 4.78 is 27.6. The number of rotatable bonds is 2. The van der Waals surface area contributed by atoms with Gasteiger partial charge in [-0.25, -0.2) is 13.6 Å². The summed E-state index contributed by atoms with van der Waals surface area (Å²) in [7, 11) is 0. The molecule has 1 saturated heterocycles. The van der Waals surface area contributed by atoms with Gasteiger partial charge in [0.2, 0.25) is 0 Å². The molecule has 0 aromatic heterocycles. The molecule has 0 radical (unpaired) electrons. The Morgan fingerprint density at radius 1 is 1.42 bits per heavy atom. The van der Waals surface area contributed by atoms with E-state index in [4.69, 9.17) is 10.8 Å². The summed E-state index contributed by atoms with van der Waals surface area (Å²) in [6.45, 7) is 3.02. The lowest BCUT2D eigenvalue weighted by molar-refractivity contribution is 0.0690. The maximum absolute atomic E-state index is 13.9. The lowest BCUT2D eigenvalue weighted by Gasteiger charge is -2.36. The van der Waals surface area contributed by atoms with Crippen LogP contribution in [0.5, 0.6) is 0 Å². The van der Waals surface area contributed by atoms with Crippen molar-refractivity contribution < 1.29 is 18.7 Å². The van der Waals surface area contributed by atoms with Gasteiger partial charge >= 0.3 is 5.97 Å². The van der Waals surface area contributed by atoms with Crippen molar-refractivity contribution in [3.8, 4) is 0 Å². The molecule has 2 atom stereocenters. The van der Waals surface area contributed by atoms with E-state index in [0.29, 0.717) is 19.5 Å². The van der Waals surface area contributed by atoms with Gasteiger partial charge in [0, 0.05) is 19.1 Å². The van der Waals surface area contributed by atoms with E-state index >= 15 is 0 Å². The largest absolute Gasteiger partial charge is 0.478 e. The summed E-state index contributed by atoms with van der Waals surface area (Å²) >= 11 is 0. The van der Waals surface area contributed by atoms with Gasteiger partial charge in [-0.1, -0.05) is 6.92 Å². The highest BCUT2D eigenvalue weighted by Crippen LogP contribution is 2.28. The summed E-state index contributed by atoms with van der Waals surface area (Å²) in [4.78, 5) is 12.4. The number of nitrogens with zero attached hydrogens (tertiary/aromatic N) is 1. The molecule has 4 nitrogen and oxygen atoms in total. The molecule has 1 aliphatic rings. The van der Waals surface area contributed by atoms with E-state index in [1.807, 2.05) is 6.92 Å². The Kier molecular flexibility index (Phi) is 3.71. The fourth-order valence-corrected chi connectivity index (χ4v) is 2.33. The minimum absolute atomic E-state index is 0.0578. The fraction of sp³-hybridized carbons (Fsp3) is 0.462.